The molecule has 3 aliphatic rings. The van der Waals surface area contributed by atoms with Crippen molar-refractivity contribution in [3.8, 4) is 0 Å². The average molecular weight is 361 g/mol. The number of ether oxygens (including phenoxy) is 1. The Morgan fingerprint density at radius 3 is 2.73 bits per heavy atom. The van der Waals surface area contributed by atoms with Gasteiger partial charge in [-0.05, 0) is 33.2 Å². The predicted octanol–water partition coefficient (Wildman–Crippen LogP) is 0.905. The van der Waals surface area contributed by atoms with Crippen LogP contribution in [-0.2, 0) is 4.74 Å². The minimum atomic E-state index is -0.219. The third-order valence-electron chi connectivity index (χ3n) is 6.13. The minimum Gasteiger partial charge on any atom is -0.392 e. The zero-order chi connectivity index (χ0) is 18.1. The number of aryl methyl sites for hydroxylation is 1. The summed E-state index contributed by atoms with van der Waals surface area (Å²) in [6.07, 6.45) is 2.84. The fraction of sp³-hybridized carbons (Fsp3) is 0.789. The van der Waals surface area contributed by atoms with E-state index >= 15 is 0 Å². The van der Waals surface area contributed by atoms with Crippen LogP contribution in [0, 0.1) is 12.3 Å². The molecule has 0 aliphatic carbocycles. The standard InChI is InChI=1S/C19H31N5O2/c1-15-12-17(21-18(20-15)23-8-10-26-11-9-23)24-6-3-5-19(14-24)13-22(2)7-4-16(19)25/h12,16,25H,3-11,13-14H2,1-2H3/t16-,19-/m0/s1. The molecule has 3 fully saturated rings. The molecule has 2 atom stereocenters. The molecule has 144 valence electrons. The van der Waals surface area contributed by atoms with Gasteiger partial charge in [0.05, 0.1) is 19.3 Å². The van der Waals surface area contributed by atoms with E-state index in [9.17, 15) is 5.11 Å². The van der Waals surface area contributed by atoms with Crippen molar-refractivity contribution in [1.82, 2.24) is 14.9 Å². The molecule has 7 heteroatoms. The molecular weight excluding hydrogens is 330 g/mol. The summed E-state index contributed by atoms with van der Waals surface area (Å²) in [4.78, 5) is 16.5. The number of anilines is 2. The van der Waals surface area contributed by atoms with Crippen LogP contribution in [0.5, 0.6) is 0 Å². The lowest BCUT2D eigenvalue weighted by atomic mass is 9.71. The molecule has 0 unspecified atom stereocenters. The molecule has 1 aromatic heterocycles. The minimum absolute atomic E-state index is 0.0385. The summed E-state index contributed by atoms with van der Waals surface area (Å²) in [5, 5.41) is 10.8. The molecule has 1 aromatic rings. The van der Waals surface area contributed by atoms with E-state index in [1.54, 1.807) is 0 Å². The zero-order valence-electron chi connectivity index (χ0n) is 16.0. The molecule has 4 rings (SSSR count). The zero-order valence-corrected chi connectivity index (χ0v) is 16.0. The fourth-order valence-corrected chi connectivity index (χ4v) is 4.73. The van der Waals surface area contributed by atoms with E-state index in [1.807, 2.05) is 6.92 Å². The van der Waals surface area contributed by atoms with Gasteiger partial charge in [0, 0.05) is 56.4 Å². The molecule has 26 heavy (non-hydrogen) atoms. The smallest absolute Gasteiger partial charge is 0.227 e. The van der Waals surface area contributed by atoms with E-state index in [0.29, 0.717) is 0 Å². The second-order valence-corrected chi connectivity index (χ2v) is 8.20. The molecule has 4 heterocycles. The Balaban J connectivity index is 1.57. The van der Waals surface area contributed by atoms with E-state index in [4.69, 9.17) is 9.72 Å². The first kappa shape index (κ1) is 17.9. The summed E-state index contributed by atoms with van der Waals surface area (Å²) in [6.45, 7) is 9.01. The van der Waals surface area contributed by atoms with Crippen molar-refractivity contribution in [2.24, 2.45) is 5.41 Å². The Bertz CT molecular complexity index is 636. The van der Waals surface area contributed by atoms with Crippen LogP contribution in [0.1, 0.15) is 25.0 Å². The number of piperidine rings is 2. The Kier molecular flexibility index (Phi) is 5.03. The number of aromatic nitrogens is 2. The third-order valence-corrected chi connectivity index (χ3v) is 6.13. The van der Waals surface area contributed by atoms with Crippen molar-refractivity contribution in [3.05, 3.63) is 11.8 Å². The van der Waals surface area contributed by atoms with Crippen LogP contribution in [0.4, 0.5) is 11.8 Å². The second-order valence-electron chi connectivity index (χ2n) is 8.20. The summed E-state index contributed by atoms with van der Waals surface area (Å²) in [6, 6.07) is 2.09. The maximum Gasteiger partial charge on any atom is 0.227 e. The van der Waals surface area contributed by atoms with Gasteiger partial charge in [-0.15, -0.1) is 0 Å². The number of likely N-dealkylation sites (tertiary alicyclic amines) is 1. The Morgan fingerprint density at radius 1 is 1.12 bits per heavy atom. The van der Waals surface area contributed by atoms with Crippen molar-refractivity contribution in [1.29, 1.82) is 0 Å². The van der Waals surface area contributed by atoms with Gasteiger partial charge in [-0.3, -0.25) is 0 Å². The summed E-state index contributed by atoms with van der Waals surface area (Å²) < 4.78 is 5.45. The van der Waals surface area contributed by atoms with Gasteiger partial charge in [0.1, 0.15) is 5.82 Å². The van der Waals surface area contributed by atoms with E-state index in [0.717, 1.165) is 89.2 Å². The molecule has 3 aliphatic heterocycles. The van der Waals surface area contributed by atoms with Gasteiger partial charge in [0.25, 0.3) is 0 Å². The van der Waals surface area contributed by atoms with Crippen LogP contribution in [-0.4, -0.2) is 85.6 Å². The van der Waals surface area contributed by atoms with Gasteiger partial charge < -0.3 is 24.5 Å². The topological polar surface area (TPSA) is 65.0 Å². The highest BCUT2D eigenvalue weighted by Crippen LogP contribution is 2.39. The summed E-state index contributed by atoms with van der Waals surface area (Å²) in [5.74, 6) is 1.81. The van der Waals surface area contributed by atoms with E-state index in [1.165, 1.54) is 0 Å². The van der Waals surface area contributed by atoms with Crippen molar-refractivity contribution >= 4 is 11.8 Å². The monoisotopic (exact) mass is 361 g/mol. The Labute approximate surface area is 156 Å². The van der Waals surface area contributed by atoms with Crippen LogP contribution in [0.25, 0.3) is 0 Å². The van der Waals surface area contributed by atoms with Gasteiger partial charge >= 0.3 is 0 Å². The predicted molar refractivity (Wildman–Crippen MR) is 102 cm³/mol. The molecule has 0 saturated carbocycles. The number of nitrogens with zero attached hydrogens (tertiary/aromatic N) is 5. The molecule has 1 spiro atoms. The fourth-order valence-electron chi connectivity index (χ4n) is 4.73. The van der Waals surface area contributed by atoms with Crippen LogP contribution >= 0.6 is 0 Å². The highest BCUT2D eigenvalue weighted by molar-refractivity contribution is 5.47. The Morgan fingerprint density at radius 2 is 1.92 bits per heavy atom. The van der Waals surface area contributed by atoms with Crippen LogP contribution in [0.2, 0.25) is 0 Å². The maximum absolute atomic E-state index is 10.8. The molecule has 1 N–H and O–H groups in total. The van der Waals surface area contributed by atoms with Crippen LogP contribution < -0.4 is 9.80 Å². The van der Waals surface area contributed by atoms with E-state index in [2.05, 4.69) is 32.8 Å². The van der Waals surface area contributed by atoms with Gasteiger partial charge in [-0.2, -0.15) is 4.98 Å². The van der Waals surface area contributed by atoms with Gasteiger partial charge in [0.15, 0.2) is 0 Å². The molecule has 7 nitrogen and oxygen atoms in total. The largest absolute Gasteiger partial charge is 0.392 e. The van der Waals surface area contributed by atoms with Crippen LogP contribution in [0.3, 0.4) is 0 Å². The molecular formula is C19H31N5O2. The first-order valence-electron chi connectivity index (χ1n) is 9.86. The quantitative estimate of drug-likeness (QED) is 0.840. The summed E-state index contributed by atoms with van der Waals surface area (Å²) >= 11 is 0. The molecule has 3 saturated heterocycles. The highest BCUT2D eigenvalue weighted by atomic mass is 16.5. The molecule has 0 aromatic carbocycles. The van der Waals surface area contributed by atoms with Gasteiger partial charge in [-0.1, -0.05) is 0 Å². The molecule has 0 radical (unpaired) electrons. The average Bonchev–Trinajstić information content (AvgIpc) is 2.65. The first-order valence-corrected chi connectivity index (χ1v) is 9.86. The second kappa shape index (κ2) is 7.29. The number of aliphatic hydroxyl groups is 1. The van der Waals surface area contributed by atoms with Crippen molar-refractivity contribution in [3.63, 3.8) is 0 Å². The Hall–Kier alpha value is -1.44. The first-order chi connectivity index (χ1) is 12.6. The van der Waals surface area contributed by atoms with Crippen LogP contribution in [0.15, 0.2) is 6.07 Å². The van der Waals surface area contributed by atoms with E-state index in [-0.39, 0.29) is 11.5 Å². The molecule has 0 amide bonds. The summed E-state index contributed by atoms with van der Waals surface area (Å²) in [7, 11) is 2.16. The van der Waals surface area contributed by atoms with Crippen molar-refractivity contribution < 1.29 is 9.84 Å². The van der Waals surface area contributed by atoms with Crippen molar-refractivity contribution in [2.75, 3.05) is 69.3 Å². The summed E-state index contributed by atoms with van der Waals surface area (Å²) in [5.41, 5.74) is 0.959. The maximum atomic E-state index is 10.8. The number of aliphatic hydroxyl groups excluding tert-OH is 1. The van der Waals surface area contributed by atoms with E-state index < -0.39 is 0 Å². The lowest BCUT2D eigenvalue weighted by Gasteiger charge is -2.50. The lowest BCUT2D eigenvalue weighted by molar-refractivity contribution is -0.0466. The lowest BCUT2D eigenvalue weighted by Crippen LogP contribution is -2.58. The van der Waals surface area contributed by atoms with Crippen molar-refractivity contribution in [2.45, 2.75) is 32.3 Å². The molecule has 0 bridgehead atoms. The van der Waals surface area contributed by atoms with Gasteiger partial charge in [0.2, 0.25) is 5.95 Å². The normalized spacial score (nSPS) is 30.8. The number of hydrogen-bond acceptors (Lipinski definition) is 7. The highest BCUT2D eigenvalue weighted by Gasteiger charge is 2.45. The number of hydrogen-bond donors (Lipinski definition) is 1. The van der Waals surface area contributed by atoms with Gasteiger partial charge in [-0.25, -0.2) is 4.98 Å². The number of rotatable bonds is 2. The number of morpholine rings is 1. The third kappa shape index (κ3) is 3.52. The SMILES string of the molecule is Cc1cc(N2CCC[C@]3(CN(C)CC[C@@H]3O)C2)nc(N2CCOCC2)n1.